The van der Waals surface area contributed by atoms with E-state index in [0.29, 0.717) is 22.0 Å². The van der Waals surface area contributed by atoms with E-state index in [2.05, 4.69) is 10.6 Å². The Labute approximate surface area is 183 Å². The van der Waals surface area contributed by atoms with Crippen LogP contribution in [-0.4, -0.2) is 26.5 Å². The maximum absolute atomic E-state index is 12.5. The molecule has 9 heteroatoms. The first-order valence-electron chi connectivity index (χ1n) is 8.61. The third kappa shape index (κ3) is 5.38. The summed E-state index contributed by atoms with van der Waals surface area (Å²) in [7, 11) is -3.44. The number of sulfone groups is 1. The number of amides is 2. The average molecular weight is 463 g/mol. The molecule has 0 aliphatic rings. The highest BCUT2D eigenvalue weighted by Crippen LogP contribution is 2.26. The van der Waals surface area contributed by atoms with Gasteiger partial charge in [-0.1, -0.05) is 29.3 Å². The predicted molar refractivity (Wildman–Crippen MR) is 118 cm³/mol. The second kappa shape index (κ2) is 8.87. The van der Waals surface area contributed by atoms with Crippen molar-refractivity contribution in [2.45, 2.75) is 4.90 Å². The van der Waals surface area contributed by atoms with Gasteiger partial charge in [0, 0.05) is 28.1 Å². The van der Waals surface area contributed by atoms with Crippen molar-refractivity contribution in [1.82, 2.24) is 0 Å². The van der Waals surface area contributed by atoms with E-state index in [0.717, 1.165) is 6.26 Å². The third-order valence-corrected chi connectivity index (χ3v) is 5.78. The number of halogens is 2. The van der Waals surface area contributed by atoms with Crippen molar-refractivity contribution in [2.75, 3.05) is 16.9 Å². The largest absolute Gasteiger partial charge is 0.322 e. The molecule has 0 unspecified atom stereocenters. The van der Waals surface area contributed by atoms with Crippen molar-refractivity contribution in [3.05, 3.63) is 87.9 Å². The van der Waals surface area contributed by atoms with Crippen LogP contribution >= 0.6 is 23.2 Å². The highest BCUT2D eigenvalue weighted by Gasteiger charge is 2.14. The molecule has 0 spiro atoms. The van der Waals surface area contributed by atoms with E-state index in [1.54, 1.807) is 30.3 Å². The molecule has 154 valence electrons. The Kier molecular flexibility index (Phi) is 6.45. The summed E-state index contributed by atoms with van der Waals surface area (Å²) >= 11 is 12.1. The molecule has 0 aliphatic heterocycles. The number of nitrogens with one attached hydrogen (secondary N) is 2. The quantitative estimate of drug-likeness (QED) is 0.563. The van der Waals surface area contributed by atoms with E-state index < -0.39 is 15.7 Å². The summed E-state index contributed by atoms with van der Waals surface area (Å²) in [5, 5.41) is 6.07. The van der Waals surface area contributed by atoms with Gasteiger partial charge in [0.1, 0.15) is 0 Å². The molecule has 0 saturated carbocycles. The molecule has 0 radical (unpaired) electrons. The smallest absolute Gasteiger partial charge is 0.255 e. The van der Waals surface area contributed by atoms with Crippen LogP contribution in [0.5, 0.6) is 0 Å². The fourth-order valence-electron chi connectivity index (χ4n) is 2.56. The fraction of sp³-hybridized carbons (Fsp3) is 0.0476. The minimum absolute atomic E-state index is 0.0431. The molecule has 0 aromatic heterocycles. The first kappa shape index (κ1) is 21.8. The van der Waals surface area contributed by atoms with Gasteiger partial charge in [-0.05, 0) is 60.7 Å². The number of benzene rings is 3. The maximum Gasteiger partial charge on any atom is 0.255 e. The van der Waals surface area contributed by atoms with Gasteiger partial charge in [0.15, 0.2) is 9.84 Å². The molecule has 3 aromatic rings. The molecule has 6 nitrogen and oxygen atoms in total. The highest BCUT2D eigenvalue weighted by molar-refractivity contribution is 7.90. The van der Waals surface area contributed by atoms with E-state index in [9.17, 15) is 18.0 Å². The Hall–Kier alpha value is -2.87. The molecule has 3 rings (SSSR count). The zero-order valence-corrected chi connectivity index (χ0v) is 18.0. The minimum Gasteiger partial charge on any atom is -0.322 e. The molecule has 0 atom stereocenters. The summed E-state index contributed by atoms with van der Waals surface area (Å²) < 4.78 is 23.3. The van der Waals surface area contributed by atoms with Gasteiger partial charge < -0.3 is 10.6 Å². The SMILES string of the molecule is CS(=O)(=O)c1cccc(C(=O)Nc2ccc(NC(=O)c3ccc(Cl)cc3)cc2Cl)c1. The molecule has 0 fully saturated rings. The standard InChI is InChI=1S/C21H16Cl2N2O4S/c1-30(28,29)17-4-2-3-14(11-17)21(27)25-19-10-9-16(12-18(19)23)24-20(26)13-5-7-15(22)8-6-13/h2-12H,1H3,(H,24,26)(H,25,27). The second-order valence-electron chi connectivity index (χ2n) is 6.41. The lowest BCUT2D eigenvalue weighted by Gasteiger charge is -2.11. The van der Waals surface area contributed by atoms with Gasteiger partial charge in [0.25, 0.3) is 11.8 Å². The Balaban J connectivity index is 1.73. The zero-order valence-electron chi connectivity index (χ0n) is 15.6. The van der Waals surface area contributed by atoms with E-state index in [4.69, 9.17) is 23.2 Å². The Morgan fingerprint density at radius 1 is 0.800 bits per heavy atom. The van der Waals surface area contributed by atoms with E-state index in [-0.39, 0.29) is 21.4 Å². The summed E-state index contributed by atoms with van der Waals surface area (Å²) in [6.07, 6.45) is 1.07. The van der Waals surface area contributed by atoms with Gasteiger partial charge in [0.2, 0.25) is 0 Å². The van der Waals surface area contributed by atoms with Crippen LogP contribution in [0.1, 0.15) is 20.7 Å². The number of carbonyl (C=O) groups is 2. The van der Waals surface area contributed by atoms with Crippen molar-refractivity contribution in [1.29, 1.82) is 0 Å². The van der Waals surface area contributed by atoms with Crippen molar-refractivity contribution >= 4 is 56.2 Å². The zero-order chi connectivity index (χ0) is 21.9. The van der Waals surface area contributed by atoms with Gasteiger partial charge in [0.05, 0.1) is 15.6 Å². The second-order valence-corrected chi connectivity index (χ2v) is 9.27. The number of rotatable bonds is 5. The topological polar surface area (TPSA) is 92.3 Å². The number of anilines is 2. The molecule has 0 saturated heterocycles. The highest BCUT2D eigenvalue weighted by atomic mass is 35.5. The number of hydrogen-bond donors (Lipinski definition) is 2. The van der Waals surface area contributed by atoms with E-state index in [1.807, 2.05) is 0 Å². The van der Waals surface area contributed by atoms with Crippen LogP contribution in [0.2, 0.25) is 10.0 Å². The van der Waals surface area contributed by atoms with Crippen molar-refractivity contribution in [2.24, 2.45) is 0 Å². The maximum atomic E-state index is 12.5. The molecule has 30 heavy (non-hydrogen) atoms. The molecular formula is C21H16Cl2N2O4S. The summed E-state index contributed by atoms with van der Waals surface area (Å²) in [5.74, 6) is -0.850. The molecule has 3 aromatic carbocycles. The number of carbonyl (C=O) groups excluding carboxylic acids is 2. The van der Waals surface area contributed by atoms with Gasteiger partial charge in [-0.15, -0.1) is 0 Å². The average Bonchev–Trinajstić information content (AvgIpc) is 2.70. The van der Waals surface area contributed by atoms with Crippen LogP contribution < -0.4 is 10.6 Å². The van der Waals surface area contributed by atoms with Crippen LogP contribution in [0, 0.1) is 0 Å². The summed E-state index contributed by atoms with van der Waals surface area (Å²) in [6.45, 7) is 0. The van der Waals surface area contributed by atoms with Crippen LogP contribution in [0.15, 0.2) is 71.6 Å². The van der Waals surface area contributed by atoms with E-state index >= 15 is 0 Å². The van der Waals surface area contributed by atoms with Crippen LogP contribution in [0.4, 0.5) is 11.4 Å². The predicted octanol–water partition coefficient (Wildman–Crippen LogP) is 4.90. The van der Waals surface area contributed by atoms with Crippen molar-refractivity contribution < 1.29 is 18.0 Å². The molecular weight excluding hydrogens is 447 g/mol. The normalized spacial score (nSPS) is 11.0. The molecule has 0 bridgehead atoms. The Bertz CT molecular complexity index is 1230. The van der Waals surface area contributed by atoms with Crippen LogP contribution in [0.3, 0.4) is 0 Å². The molecule has 0 aliphatic carbocycles. The fourth-order valence-corrected chi connectivity index (χ4v) is 3.58. The first-order valence-corrected chi connectivity index (χ1v) is 11.3. The van der Waals surface area contributed by atoms with Gasteiger partial charge >= 0.3 is 0 Å². The number of hydrogen-bond acceptors (Lipinski definition) is 4. The Morgan fingerprint density at radius 2 is 1.47 bits per heavy atom. The monoisotopic (exact) mass is 462 g/mol. The lowest BCUT2D eigenvalue weighted by atomic mass is 10.2. The molecule has 2 amide bonds. The summed E-state index contributed by atoms with van der Waals surface area (Å²) in [5.41, 5.74) is 1.36. The van der Waals surface area contributed by atoms with Crippen molar-refractivity contribution in [3.63, 3.8) is 0 Å². The van der Waals surface area contributed by atoms with Gasteiger partial charge in [-0.2, -0.15) is 0 Å². The third-order valence-electron chi connectivity index (χ3n) is 4.11. The summed E-state index contributed by atoms with van der Waals surface area (Å²) in [4.78, 5) is 24.8. The van der Waals surface area contributed by atoms with Crippen molar-refractivity contribution in [3.8, 4) is 0 Å². The van der Waals surface area contributed by atoms with Crippen LogP contribution in [-0.2, 0) is 9.84 Å². The lowest BCUT2D eigenvalue weighted by molar-refractivity contribution is 0.101. The van der Waals surface area contributed by atoms with Gasteiger partial charge in [-0.3, -0.25) is 9.59 Å². The molecule has 0 heterocycles. The first-order chi connectivity index (χ1) is 14.1. The minimum atomic E-state index is -3.44. The Morgan fingerprint density at radius 3 is 2.10 bits per heavy atom. The molecule has 2 N–H and O–H groups in total. The summed E-state index contributed by atoms with van der Waals surface area (Å²) in [6, 6.07) is 16.7. The van der Waals surface area contributed by atoms with Gasteiger partial charge in [-0.25, -0.2) is 8.42 Å². The lowest BCUT2D eigenvalue weighted by Crippen LogP contribution is -2.14. The van der Waals surface area contributed by atoms with E-state index in [1.165, 1.54) is 36.4 Å². The van der Waals surface area contributed by atoms with Crippen LogP contribution in [0.25, 0.3) is 0 Å².